The zero-order chi connectivity index (χ0) is 14.7. The molecular formula is C16H30N4. The second kappa shape index (κ2) is 6.51. The Labute approximate surface area is 123 Å². The molecule has 1 atom stereocenters. The van der Waals surface area contributed by atoms with Gasteiger partial charge in [-0.05, 0) is 46.0 Å². The quantitative estimate of drug-likeness (QED) is 0.912. The average Bonchev–Trinajstić information content (AvgIpc) is 2.59. The fourth-order valence-corrected chi connectivity index (χ4v) is 3.30. The van der Waals surface area contributed by atoms with Crippen molar-refractivity contribution in [1.29, 1.82) is 0 Å². The van der Waals surface area contributed by atoms with Crippen LogP contribution in [0.1, 0.15) is 64.6 Å². The van der Waals surface area contributed by atoms with E-state index in [2.05, 4.69) is 35.5 Å². The second-order valence-corrected chi connectivity index (χ2v) is 6.43. The van der Waals surface area contributed by atoms with Crippen LogP contribution in [-0.4, -0.2) is 22.9 Å². The SMILES string of the molecule is CCCC1CCCN(c2c(N)c(C)nn2C(C)C)CC1. The minimum atomic E-state index is 0.357. The Bertz CT molecular complexity index is 436. The Kier molecular flexibility index (Phi) is 4.95. The van der Waals surface area contributed by atoms with Crippen molar-refractivity contribution in [3.63, 3.8) is 0 Å². The minimum Gasteiger partial charge on any atom is -0.394 e. The Morgan fingerprint density at radius 1 is 1.30 bits per heavy atom. The summed E-state index contributed by atoms with van der Waals surface area (Å²) >= 11 is 0. The van der Waals surface area contributed by atoms with E-state index in [-0.39, 0.29) is 0 Å². The van der Waals surface area contributed by atoms with Crippen LogP contribution < -0.4 is 10.6 Å². The third-order valence-corrected chi connectivity index (χ3v) is 4.44. The summed E-state index contributed by atoms with van der Waals surface area (Å²) in [7, 11) is 0. The summed E-state index contributed by atoms with van der Waals surface area (Å²) in [5.74, 6) is 2.04. The van der Waals surface area contributed by atoms with Gasteiger partial charge in [0, 0.05) is 19.1 Å². The summed E-state index contributed by atoms with van der Waals surface area (Å²) in [4.78, 5) is 2.46. The van der Waals surface area contributed by atoms with Crippen molar-refractivity contribution in [3.8, 4) is 0 Å². The standard InChI is InChI=1S/C16H30N4/c1-5-7-14-8-6-10-19(11-9-14)16-15(17)13(4)18-20(16)12(2)3/h12,14H,5-11,17H2,1-4H3. The van der Waals surface area contributed by atoms with Gasteiger partial charge in [0.2, 0.25) is 0 Å². The molecule has 0 spiro atoms. The smallest absolute Gasteiger partial charge is 0.150 e. The molecule has 0 bridgehead atoms. The van der Waals surface area contributed by atoms with Gasteiger partial charge in [-0.3, -0.25) is 0 Å². The van der Waals surface area contributed by atoms with Gasteiger partial charge < -0.3 is 10.6 Å². The van der Waals surface area contributed by atoms with E-state index >= 15 is 0 Å². The number of aryl methyl sites for hydroxylation is 1. The number of rotatable bonds is 4. The lowest BCUT2D eigenvalue weighted by molar-refractivity contribution is 0.435. The summed E-state index contributed by atoms with van der Waals surface area (Å²) in [5, 5.41) is 4.62. The predicted molar refractivity (Wildman–Crippen MR) is 86.2 cm³/mol. The summed E-state index contributed by atoms with van der Waals surface area (Å²) in [6.07, 6.45) is 6.59. The number of nitrogens with two attached hydrogens (primary N) is 1. The molecule has 2 N–H and O–H groups in total. The highest BCUT2D eigenvalue weighted by Gasteiger charge is 2.23. The molecule has 4 heteroatoms. The Hall–Kier alpha value is -1.19. The van der Waals surface area contributed by atoms with Crippen molar-refractivity contribution in [1.82, 2.24) is 9.78 Å². The highest BCUT2D eigenvalue weighted by Crippen LogP contribution is 2.32. The molecular weight excluding hydrogens is 248 g/mol. The molecule has 1 fully saturated rings. The van der Waals surface area contributed by atoms with E-state index in [0.29, 0.717) is 6.04 Å². The van der Waals surface area contributed by atoms with Crippen molar-refractivity contribution < 1.29 is 0 Å². The first kappa shape index (κ1) is 15.2. The van der Waals surface area contributed by atoms with Gasteiger partial charge in [0.25, 0.3) is 0 Å². The monoisotopic (exact) mass is 278 g/mol. The number of anilines is 2. The molecule has 0 aromatic carbocycles. The number of nitrogen functional groups attached to an aromatic ring is 1. The first-order valence-electron chi connectivity index (χ1n) is 8.14. The summed E-state index contributed by atoms with van der Waals surface area (Å²) in [6, 6.07) is 0.357. The molecule has 114 valence electrons. The number of hydrogen-bond acceptors (Lipinski definition) is 3. The van der Waals surface area contributed by atoms with Crippen LogP contribution in [0.3, 0.4) is 0 Å². The molecule has 2 rings (SSSR count). The van der Waals surface area contributed by atoms with Crippen LogP contribution >= 0.6 is 0 Å². The maximum Gasteiger partial charge on any atom is 0.150 e. The maximum absolute atomic E-state index is 6.29. The van der Waals surface area contributed by atoms with Crippen LogP contribution in [0.4, 0.5) is 11.5 Å². The molecule has 0 radical (unpaired) electrons. The first-order valence-corrected chi connectivity index (χ1v) is 8.14. The maximum atomic E-state index is 6.29. The van der Waals surface area contributed by atoms with E-state index in [1.807, 2.05) is 6.92 Å². The molecule has 1 aromatic rings. The van der Waals surface area contributed by atoms with Crippen molar-refractivity contribution in [2.75, 3.05) is 23.7 Å². The van der Waals surface area contributed by atoms with Gasteiger partial charge in [0.05, 0.1) is 11.4 Å². The highest BCUT2D eigenvalue weighted by atomic mass is 15.4. The highest BCUT2D eigenvalue weighted by molar-refractivity contribution is 5.66. The van der Waals surface area contributed by atoms with Gasteiger partial charge in [0.15, 0.2) is 5.82 Å². The Balaban J connectivity index is 2.19. The third kappa shape index (κ3) is 3.10. The molecule has 0 saturated carbocycles. The van der Waals surface area contributed by atoms with Crippen LogP contribution in [0, 0.1) is 12.8 Å². The number of nitrogens with zero attached hydrogens (tertiary/aromatic N) is 3. The fraction of sp³-hybridized carbons (Fsp3) is 0.812. The van der Waals surface area contributed by atoms with E-state index in [1.165, 1.54) is 32.1 Å². The van der Waals surface area contributed by atoms with Crippen molar-refractivity contribution >= 4 is 11.5 Å². The van der Waals surface area contributed by atoms with Gasteiger partial charge in [-0.2, -0.15) is 5.10 Å². The Morgan fingerprint density at radius 3 is 2.70 bits per heavy atom. The van der Waals surface area contributed by atoms with E-state index < -0.39 is 0 Å². The third-order valence-electron chi connectivity index (χ3n) is 4.44. The molecule has 1 saturated heterocycles. The van der Waals surface area contributed by atoms with E-state index in [4.69, 9.17) is 5.73 Å². The second-order valence-electron chi connectivity index (χ2n) is 6.43. The van der Waals surface area contributed by atoms with Crippen LogP contribution in [0.15, 0.2) is 0 Å². The first-order chi connectivity index (χ1) is 9.54. The molecule has 20 heavy (non-hydrogen) atoms. The zero-order valence-electron chi connectivity index (χ0n) is 13.5. The topological polar surface area (TPSA) is 47.1 Å². The lowest BCUT2D eigenvalue weighted by Crippen LogP contribution is -2.28. The molecule has 0 aliphatic carbocycles. The summed E-state index contributed by atoms with van der Waals surface area (Å²) in [6.45, 7) is 10.9. The van der Waals surface area contributed by atoms with E-state index in [9.17, 15) is 0 Å². The summed E-state index contributed by atoms with van der Waals surface area (Å²) in [5.41, 5.74) is 8.12. The molecule has 2 heterocycles. The molecule has 1 aliphatic heterocycles. The van der Waals surface area contributed by atoms with E-state index in [1.54, 1.807) is 0 Å². The lowest BCUT2D eigenvalue weighted by Gasteiger charge is -2.25. The largest absolute Gasteiger partial charge is 0.394 e. The lowest BCUT2D eigenvalue weighted by atomic mass is 9.96. The minimum absolute atomic E-state index is 0.357. The summed E-state index contributed by atoms with van der Waals surface area (Å²) < 4.78 is 2.10. The van der Waals surface area contributed by atoms with E-state index in [0.717, 1.165) is 36.2 Å². The van der Waals surface area contributed by atoms with Gasteiger partial charge >= 0.3 is 0 Å². The fourth-order valence-electron chi connectivity index (χ4n) is 3.30. The zero-order valence-corrected chi connectivity index (χ0v) is 13.5. The van der Waals surface area contributed by atoms with Crippen molar-refractivity contribution in [3.05, 3.63) is 5.69 Å². The molecule has 1 aromatic heterocycles. The van der Waals surface area contributed by atoms with Crippen molar-refractivity contribution in [2.24, 2.45) is 5.92 Å². The van der Waals surface area contributed by atoms with Gasteiger partial charge in [-0.25, -0.2) is 4.68 Å². The van der Waals surface area contributed by atoms with Crippen LogP contribution in [0.25, 0.3) is 0 Å². The Morgan fingerprint density at radius 2 is 2.05 bits per heavy atom. The normalized spacial score (nSPS) is 20.4. The van der Waals surface area contributed by atoms with Crippen LogP contribution in [-0.2, 0) is 0 Å². The van der Waals surface area contributed by atoms with Crippen LogP contribution in [0.2, 0.25) is 0 Å². The average molecular weight is 278 g/mol. The van der Waals surface area contributed by atoms with Crippen molar-refractivity contribution in [2.45, 2.75) is 65.8 Å². The number of aromatic nitrogens is 2. The van der Waals surface area contributed by atoms with Gasteiger partial charge in [-0.1, -0.05) is 19.8 Å². The van der Waals surface area contributed by atoms with Gasteiger partial charge in [0.1, 0.15) is 0 Å². The number of hydrogen-bond donors (Lipinski definition) is 1. The van der Waals surface area contributed by atoms with Gasteiger partial charge in [-0.15, -0.1) is 0 Å². The molecule has 4 nitrogen and oxygen atoms in total. The molecule has 1 unspecified atom stereocenters. The molecule has 1 aliphatic rings. The molecule has 0 amide bonds. The predicted octanol–water partition coefficient (Wildman–Crippen LogP) is 3.76. The van der Waals surface area contributed by atoms with Crippen LogP contribution in [0.5, 0.6) is 0 Å².